The van der Waals surface area contributed by atoms with Crippen molar-refractivity contribution in [3.05, 3.63) is 120 Å². The van der Waals surface area contributed by atoms with Gasteiger partial charge in [0.05, 0.1) is 22.7 Å². The van der Waals surface area contributed by atoms with Gasteiger partial charge in [-0.25, -0.2) is 4.98 Å². The predicted octanol–water partition coefficient (Wildman–Crippen LogP) is 7.75. The molecule has 1 aromatic heterocycles. The van der Waals surface area contributed by atoms with Crippen molar-refractivity contribution in [2.75, 3.05) is 31.5 Å². The molecule has 2 saturated heterocycles. The van der Waals surface area contributed by atoms with E-state index in [0.717, 1.165) is 66.6 Å². The van der Waals surface area contributed by atoms with Gasteiger partial charge < -0.3 is 15.1 Å². The van der Waals surface area contributed by atoms with Crippen molar-refractivity contribution in [2.24, 2.45) is 0 Å². The summed E-state index contributed by atoms with van der Waals surface area (Å²) in [6.45, 7) is 4.59. The van der Waals surface area contributed by atoms with Gasteiger partial charge >= 0.3 is 0 Å². The zero-order valence-corrected chi connectivity index (χ0v) is 25.5. The Hall–Kier alpha value is -4.99. The number of amides is 1. The van der Waals surface area contributed by atoms with Gasteiger partial charge in [-0.15, -0.1) is 0 Å². The molecule has 4 aromatic carbocycles. The summed E-state index contributed by atoms with van der Waals surface area (Å²) >= 11 is 0. The summed E-state index contributed by atoms with van der Waals surface area (Å²) in [7, 11) is 0. The van der Waals surface area contributed by atoms with E-state index >= 15 is 0 Å². The maximum atomic E-state index is 14.4. The second-order valence-electron chi connectivity index (χ2n) is 12.2. The molecule has 0 saturated carbocycles. The van der Waals surface area contributed by atoms with Gasteiger partial charge in [0.1, 0.15) is 5.82 Å². The number of benzene rings is 4. The van der Waals surface area contributed by atoms with Gasteiger partial charge in [-0.1, -0.05) is 66.7 Å². The molecular weight excluding hydrogens is 554 g/mol. The zero-order valence-electron chi connectivity index (χ0n) is 25.5. The molecule has 2 aliphatic rings. The van der Waals surface area contributed by atoms with Crippen molar-refractivity contribution in [2.45, 2.75) is 38.3 Å². The lowest BCUT2D eigenvalue weighted by Crippen LogP contribution is -2.42. The van der Waals surface area contributed by atoms with E-state index in [0.29, 0.717) is 23.5 Å². The summed E-state index contributed by atoms with van der Waals surface area (Å²) in [6.07, 6.45) is 4.57. The highest BCUT2D eigenvalue weighted by Crippen LogP contribution is 2.31. The highest BCUT2D eigenvalue weighted by Gasteiger charge is 2.32. The maximum absolute atomic E-state index is 14.4. The summed E-state index contributed by atoms with van der Waals surface area (Å²) in [5.41, 5.74) is 7.60. The molecule has 0 spiro atoms. The van der Waals surface area contributed by atoms with Crippen molar-refractivity contribution in [3.63, 3.8) is 0 Å². The zero-order chi connectivity index (χ0) is 30.6. The normalized spacial score (nSPS) is 16.6. The fourth-order valence-electron chi connectivity index (χ4n) is 6.80. The number of nitriles is 1. The van der Waals surface area contributed by atoms with Gasteiger partial charge in [-0.3, -0.25) is 4.79 Å². The van der Waals surface area contributed by atoms with Gasteiger partial charge in [0.2, 0.25) is 0 Å². The van der Waals surface area contributed by atoms with E-state index in [-0.39, 0.29) is 11.9 Å². The first-order chi connectivity index (χ1) is 22.1. The number of carbonyl (C=O) groups is 1. The number of fused-ring (bicyclic) bond motifs is 1. The van der Waals surface area contributed by atoms with Crippen LogP contribution in [-0.4, -0.2) is 52.9 Å². The molecule has 1 atom stereocenters. The molecule has 224 valence electrons. The minimum atomic E-state index is 0.0789. The second-order valence-corrected chi connectivity index (χ2v) is 12.2. The van der Waals surface area contributed by atoms with Crippen molar-refractivity contribution in [1.82, 2.24) is 14.8 Å². The van der Waals surface area contributed by atoms with Crippen LogP contribution in [0.2, 0.25) is 0 Å². The number of pyridine rings is 1. The van der Waals surface area contributed by atoms with Crippen molar-refractivity contribution >= 4 is 22.6 Å². The third-order valence-electron chi connectivity index (χ3n) is 9.20. The van der Waals surface area contributed by atoms with Crippen LogP contribution in [0.1, 0.15) is 47.2 Å². The van der Waals surface area contributed by atoms with Crippen LogP contribution in [0.15, 0.2) is 103 Å². The average Bonchev–Trinajstić information content (AvgIpc) is 3.80. The molecule has 0 aliphatic carbocycles. The van der Waals surface area contributed by atoms with Crippen molar-refractivity contribution < 1.29 is 4.79 Å². The molecule has 7 rings (SSSR count). The van der Waals surface area contributed by atoms with Crippen LogP contribution in [0.5, 0.6) is 0 Å². The second kappa shape index (κ2) is 12.9. The quantitative estimate of drug-likeness (QED) is 0.200. The minimum Gasteiger partial charge on any atom is -0.366 e. The largest absolute Gasteiger partial charge is 0.366 e. The molecule has 2 fully saturated rings. The Labute approximate surface area is 264 Å². The molecule has 1 amide bonds. The molecular formula is C39H37N5O. The molecule has 3 heterocycles. The van der Waals surface area contributed by atoms with Crippen LogP contribution in [0.3, 0.4) is 0 Å². The SMILES string of the molecule is N#Cc1ccc(-c2ccc3nc(NCc4cccc(-c5ccccc5)c4)cc(C(=O)N4CCC[C@H]4CN4CCCC4)c3c2)cc1. The minimum absolute atomic E-state index is 0.0789. The summed E-state index contributed by atoms with van der Waals surface area (Å²) in [6, 6.07) is 37.0. The third-order valence-corrected chi connectivity index (χ3v) is 9.20. The Morgan fingerprint density at radius 3 is 2.33 bits per heavy atom. The molecule has 0 unspecified atom stereocenters. The Bertz CT molecular complexity index is 1860. The first-order valence-corrected chi connectivity index (χ1v) is 16.0. The molecule has 0 radical (unpaired) electrons. The molecule has 6 heteroatoms. The summed E-state index contributed by atoms with van der Waals surface area (Å²) in [4.78, 5) is 24.0. The molecule has 45 heavy (non-hydrogen) atoms. The first kappa shape index (κ1) is 28.8. The lowest BCUT2D eigenvalue weighted by atomic mass is 9.99. The summed E-state index contributed by atoms with van der Waals surface area (Å²) < 4.78 is 0. The smallest absolute Gasteiger partial charge is 0.254 e. The van der Waals surface area contributed by atoms with Gasteiger partial charge in [0.25, 0.3) is 5.91 Å². The topological polar surface area (TPSA) is 72.3 Å². The summed E-state index contributed by atoms with van der Waals surface area (Å²) in [5.74, 6) is 0.771. The van der Waals surface area contributed by atoms with Gasteiger partial charge in [-0.05, 0) is 103 Å². The van der Waals surface area contributed by atoms with Gasteiger partial charge in [0, 0.05) is 31.1 Å². The monoisotopic (exact) mass is 591 g/mol. The van der Waals surface area contributed by atoms with E-state index in [2.05, 4.69) is 75.8 Å². The molecule has 2 aliphatic heterocycles. The maximum Gasteiger partial charge on any atom is 0.254 e. The Balaban J connectivity index is 1.22. The first-order valence-electron chi connectivity index (χ1n) is 16.0. The van der Waals surface area contributed by atoms with E-state index in [4.69, 9.17) is 4.98 Å². The van der Waals surface area contributed by atoms with Crippen LogP contribution in [0, 0.1) is 11.3 Å². The van der Waals surface area contributed by atoms with E-state index in [1.807, 2.05) is 48.5 Å². The van der Waals surface area contributed by atoms with E-state index < -0.39 is 0 Å². The fraction of sp³-hybridized carbons (Fsp3) is 0.256. The standard InChI is InChI=1S/C39H37N5O/c40-25-28-13-15-31(16-14-28)33-17-18-37-35(23-33)36(39(45)44-21-7-12-34(44)27-43-19-4-5-20-43)24-38(42-37)41-26-29-8-6-11-32(22-29)30-9-2-1-3-10-30/h1-3,6,8-11,13-18,22-24,34H,4-5,7,12,19-21,26-27H2,(H,41,42)/t34-/m0/s1. The average molecular weight is 592 g/mol. The fourth-order valence-corrected chi connectivity index (χ4v) is 6.80. The van der Waals surface area contributed by atoms with E-state index in [9.17, 15) is 10.1 Å². The van der Waals surface area contributed by atoms with Crippen LogP contribution >= 0.6 is 0 Å². The highest BCUT2D eigenvalue weighted by atomic mass is 16.2. The number of nitrogens with one attached hydrogen (secondary N) is 1. The predicted molar refractivity (Wildman–Crippen MR) is 181 cm³/mol. The number of anilines is 1. The third kappa shape index (κ3) is 6.31. The van der Waals surface area contributed by atoms with Gasteiger partial charge in [-0.2, -0.15) is 5.26 Å². The van der Waals surface area contributed by atoms with Crippen LogP contribution in [0.25, 0.3) is 33.2 Å². The Kier molecular flexibility index (Phi) is 8.27. The lowest BCUT2D eigenvalue weighted by Gasteiger charge is -2.29. The molecule has 5 aromatic rings. The number of likely N-dealkylation sites (tertiary alicyclic amines) is 2. The van der Waals surface area contributed by atoms with Gasteiger partial charge in [0.15, 0.2) is 0 Å². The number of nitrogens with zero attached hydrogens (tertiary/aromatic N) is 4. The van der Waals surface area contributed by atoms with E-state index in [1.165, 1.54) is 24.0 Å². The number of aromatic nitrogens is 1. The number of hydrogen-bond donors (Lipinski definition) is 1. The van der Waals surface area contributed by atoms with E-state index in [1.54, 1.807) is 0 Å². The highest BCUT2D eigenvalue weighted by molar-refractivity contribution is 6.08. The van der Waals surface area contributed by atoms with Crippen LogP contribution in [-0.2, 0) is 6.54 Å². The number of rotatable bonds is 8. The number of carbonyl (C=O) groups excluding carboxylic acids is 1. The lowest BCUT2D eigenvalue weighted by molar-refractivity contribution is 0.0710. The molecule has 0 bridgehead atoms. The molecule has 6 nitrogen and oxygen atoms in total. The van der Waals surface area contributed by atoms with Crippen molar-refractivity contribution in [1.29, 1.82) is 5.26 Å². The van der Waals surface area contributed by atoms with Crippen molar-refractivity contribution in [3.8, 4) is 28.3 Å². The summed E-state index contributed by atoms with van der Waals surface area (Å²) in [5, 5.41) is 13.6. The van der Waals surface area contributed by atoms with Crippen LogP contribution < -0.4 is 5.32 Å². The Morgan fingerprint density at radius 1 is 0.800 bits per heavy atom. The Morgan fingerprint density at radius 2 is 1.53 bits per heavy atom. The molecule has 1 N–H and O–H groups in total. The van der Waals surface area contributed by atoms with Crippen LogP contribution in [0.4, 0.5) is 5.82 Å². The number of hydrogen-bond acceptors (Lipinski definition) is 5.